The number of amides is 2. The Morgan fingerprint density at radius 1 is 1.37 bits per heavy atom. The highest BCUT2D eigenvalue weighted by Gasteiger charge is 2.52. The lowest BCUT2D eigenvalue weighted by molar-refractivity contribution is -0.142. The van der Waals surface area contributed by atoms with Crippen LogP contribution in [0, 0.1) is 5.92 Å². The average molecular weight is 270 g/mol. The van der Waals surface area contributed by atoms with Gasteiger partial charge in [-0.1, -0.05) is 0 Å². The van der Waals surface area contributed by atoms with Crippen LogP contribution in [0.3, 0.4) is 0 Å². The Bertz CT molecular complexity index is 391. The van der Waals surface area contributed by atoms with Crippen molar-refractivity contribution in [1.29, 1.82) is 0 Å². The number of aliphatic hydroxyl groups is 1. The van der Waals surface area contributed by atoms with Crippen molar-refractivity contribution in [3.8, 4) is 0 Å². The van der Waals surface area contributed by atoms with Gasteiger partial charge in [0.05, 0.1) is 18.1 Å². The molecule has 0 aromatic rings. The first-order valence-corrected chi connectivity index (χ1v) is 6.69. The molecule has 3 atom stereocenters. The molecule has 0 saturated carbocycles. The minimum Gasteiger partial charge on any atom is -0.481 e. The molecule has 19 heavy (non-hydrogen) atoms. The number of carbonyl (C=O) groups is 2. The predicted octanol–water partition coefficient (Wildman–Crippen LogP) is 0.747. The standard InChI is InChI=1S/C13H22N2O4/c1-13(2,19)7-14(3)12(18)15-8-4-5-10(15)9(6-8)11(16)17/h8-10,19H,4-7H2,1-3H3,(H,16,17). The third kappa shape index (κ3) is 2.68. The molecule has 6 nitrogen and oxygen atoms in total. The van der Waals surface area contributed by atoms with Crippen LogP contribution < -0.4 is 0 Å². The quantitative estimate of drug-likeness (QED) is 0.793. The molecule has 2 amide bonds. The van der Waals surface area contributed by atoms with Crippen LogP contribution in [-0.4, -0.2) is 63.3 Å². The van der Waals surface area contributed by atoms with Crippen molar-refractivity contribution in [3.63, 3.8) is 0 Å². The fourth-order valence-corrected chi connectivity index (χ4v) is 3.40. The second kappa shape index (κ2) is 4.67. The van der Waals surface area contributed by atoms with E-state index in [4.69, 9.17) is 5.11 Å². The Hall–Kier alpha value is -1.30. The summed E-state index contributed by atoms with van der Waals surface area (Å²) in [5.74, 6) is -1.24. The molecule has 2 fully saturated rings. The van der Waals surface area contributed by atoms with Crippen molar-refractivity contribution in [1.82, 2.24) is 9.80 Å². The number of aliphatic carboxylic acids is 1. The van der Waals surface area contributed by atoms with Gasteiger partial charge in [0.25, 0.3) is 0 Å². The van der Waals surface area contributed by atoms with Gasteiger partial charge in [0.15, 0.2) is 0 Å². The molecule has 2 N–H and O–H groups in total. The maximum absolute atomic E-state index is 12.4. The highest BCUT2D eigenvalue weighted by atomic mass is 16.4. The lowest BCUT2D eigenvalue weighted by Crippen LogP contribution is -2.49. The first kappa shape index (κ1) is 14.1. The Morgan fingerprint density at radius 2 is 2.00 bits per heavy atom. The molecular weight excluding hydrogens is 248 g/mol. The van der Waals surface area contributed by atoms with E-state index >= 15 is 0 Å². The van der Waals surface area contributed by atoms with E-state index in [2.05, 4.69) is 0 Å². The molecule has 2 aliphatic rings. The highest BCUT2D eigenvalue weighted by molar-refractivity contribution is 5.79. The van der Waals surface area contributed by atoms with E-state index in [9.17, 15) is 14.7 Å². The molecule has 0 radical (unpaired) electrons. The van der Waals surface area contributed by atoms with Gasteiger partial charge >= 0.3 is 12.0 Å². The number of urea groups is 1. The molecule has 0 spiro atoms. The molecule has 108 valence electrons. The molecule has 2 heterocycles. The summed E-state index contributed by atoms with van der Waals surface area (Å²) >= 11 is 0. The summed E-state index contributed by atoms with van der Waals surface area (Å²) in [6.07, 6.45) is 2.21. The van der Waals surface area contributed by atoms with Crippen molar-refractivity contribution in [2.75, 3.05) is 13.6 Å². The van der Waals surface area contributed by atoms with Crippen LogP contribution in [0.15, 0.2) is 0 Å². The summed E-state index contributed by atoms with van der Waals surface area (Å²) in [6.45, 7) is 3.53. The number of nitrogens with zero attached hydrogens (tertiary/aromatic N) is 2. The van der Waals surface area contributed by atoms with Crippen molar-refractivity contribution in [3.05, 3.63) is 0 Å². The molecule has 2 bridgehead atoms. The van der Waals surface area contributed by atoms with Crippen LogP contribution in [0.2, 0.25) is 0 Å². The Morgan fingerprint density at radius 3 is 2.47 bits per heavy atom. The Labute approximate surface area is 113 Å². The molecular formula is C13H22N2O4. The van der Waals surface area contributed by atoms with Crippen molar-refractivity contribution >= 4 is 12.0 Å². The molecule has 2 saturated heterocycles. The molecule has 3 unspecified atom stereocenters. The first-order valence-electron chi connectivity index (χ1n) is 6.69. The van der Waals surface area contributed by atoms with Gasteiger partial charge in [-0.2, -0.15) is 0 Å². The summed E-state index contributed by atoms with van der Waals surface area (Å²) in [6, 6.07) is -0.305. The Kier molecular flexibility index (Phi) is 3.47. The third-order valence-corrected chi connectivity index (χ3v) is 4.03. The van der Waals surface area contributed by atoms with E-state index in [1.807, 2.05) is 0 Å². The average Bonchev–Trinajstić information content (AvgIpc) is 2.82. The fraction of sp³-hybridized carbons (Fsp3) is 0.846. The smallest absolute Gasteiger partial charge is 0.320 e. The lowest BCUT2D eigenvalue weighted by Gasteiger charge is -2.32. The van der Waals surface area contributed by atoms with E-state index in [-0.39, 0.29) is 24.7 Å². The van der Waals surface area contributed by atoms with E-state index in [0.29, 0.717) is 6.42 Å². The van der Waals surface area contributed by atoms with Gasteiger partial charge in [0.2, 0.25) is 0 Å². The van der Waals surface area contributed by atoms with E-state index in [0.717, 1.165) is 12.8 Å². The number of likely N-dealkylation sites (N-methyl/N-ethyl adjacent to an activating group) is 1. The van der Waals surface area contributed by atoms with Gasteiger partial charge in [-0.25, -0.2) is 4.79 Å². The molecule has 6 heteroatoms. The number of carboxylic acids is 1. The second-order valence-electron chi connectivity index (χ2n) is 6.34. The molecule has 0 aliphatic carbocycles. The minimum absolute atomic E-state index is 0.0443. The zero-order valence-electron chi connectivity index (χ0n) is 11.7. The van der Waals surface area contributed by atoms with Crippen LogP contribution >= 0.6 is 0 Å². The zero-order valence-corrected chi connectivity index (χ0v) is 11.7. The number of fused-ring (bicyclic) bond motifs is 2. The van der Waals surface area contributed by atoms with E-state index in [1.54, 1.807) is 25.8 Å². The number of rotatable bonds is 3. The second-order valence-corrected chi connectivity index (χ2v) is 6.34. The van der Waals surface area contributed by atoms with Gasteiger partial charge in [-0.05, 0) is 33.1 Å². The normalized spacial score (nSPS) is 29.7. The van der Waals surface area contributed by atoms with Crippen LogP contribution in [0.4, 0.5) is 4.79 Å². The van der Waals surface area contributed by atoms with Crippen LogP contribution in [0.25, 0.3) is 0 Å². The number of hydrogen-bond donors (Lipinski definition) is 2. The summed E-state index contributed by atoms with van der Waals surface area (Å²) in [5.41, 5.74) is -0.949. The molecule has 0 aromatic carbocycles. The van der Waals surface area contributed by atoms with Gasteiger partial charge in [-0.15, -0.1) is 0 Å². The first-order chi connectivity index (χ1) is 8.70. The van der Waals surface area contributed by atoms with Crippen molar-refractivity contribution < 1.29 is 19.8 Å². The van der Waals surface area contributed by atoms with Crippen LogP contribution in [-0.2, 0) is 4.79 Å². The van der Waals surface area contributed by atoms with Crippen LogP contribution in [0.5, 0.6) is 0 Å². The predicted molar refractivity (Wildman–Crippen MR) is 68.7 cm³/mol. The van der Waals surface area contributed by atoms with Gasteiger partial charge < -0.3 is 20.0 Å². The topological polar surface area (TPSA) is 81.1 Å². The van der Waals surface area contributed by atoms with E-state index < -0.39 is 17.5 Å². The Balaban J connectivity index is 2.07. The summed E-state index contributed by atoms with van der Waals surface area (Å²) < 4.78 is 0. The molecule has 2 aliphatic heterocycles. The van der Waals surface area contributed by atoms with Crippen molar-refractivity contribution in [2.45, 2.75) is 50.8 Å². The zero-order chi connectivity index (χ0) is 14.4. The fourth-order valence-electron chi connectivity index (χ4n) is 3.40. The minimum atomic E-state index is -0.949. The summed E-state index contributed by atoms with van der Waals surface area (Å²) in [5, 5.41) is 18.9. The van der Waals surface area contributed by atoms with Crippen LogP contribution in [0.1, 0.15) is 33.1 Å². The monoisotopic (exact) mass is 270 g/mol. The van der Waals surface area contributed by atoms with Gasteiger partial charge in [0.1, 0.15) is 0 Å². The third-order valence-electron chi connectivity index (χ3n) is 4.03. The number of carboxylic acid groups (broad SMARTS) is 1. The highest BCUT2D eigenvalue weighted by Crippen LogP contribution is 2.42. The van der Waals surface area contributed by atoms with E-state index in [1.165, 1.54) is 4.90 Å². The molecule has 2 rings (SSSR count). The van der Waals surface area contributed by atoms with Crippen molar-refractivity contribution in [2.24, 2.45) is 5.92 Å². The lowest BCUT2D eigenvalue weighted by atomic mass is 9.89. The summed E-state index contributed by atoms with van der Waals surface area (Å²) in [7, 11) is 1.65. The SMILES string of the molecule is CN(CC(C)(C)O)C(=O)N1C2CCC1C(C(=O)O)C2. The molecule has 0 aromatic heterocycles. The number of hydrogen-bond acceptors (Lipinski definition) is 3. The number of carbonyl (C=O) groups excluding carboxylic acids is 1. The van der Waals surface area contributed by atoms with Gasteiger partial charge in [0, 0.05) is 19.1 Å². The summed E-state index contributed by atoms with van der Waals surface area (Å²) in [4.78, 5) is 26.8. The largest absolute Gasteiger partial charge is 0.481 e. The van der Waals surface area contributed by atoms with Gasteiger partial charge in [-0.3, -0.25) is 4.79 Å². The maximum atomic E-state index is 12.4. The maximum Gasteiger partial charge on any atom is 0.320 e.